The largest absolute Gasteiger partial charge is 0.384 e. The Bertz CT molecular complexity index is 597. The maximum absolute atomic E-state index is 9.08. The van der Waals surface area contributed by atoms with Crippen molar-refractivity contribution in [2.75, 3.05) is 18.1 Å². The number of hydrogen-bond acceptors (Lipinski definition) is 6. The highest BCUT2D eigenvalue weighted by molar-refractivity contribution is 5.96. The van der Waals surface area contributed by atoms with E-state index in [0.29, 0.717) is 23.5 Å². The number of nitrogen functional groups attached to an aromatic ring is 2. The van der Waals surface area contributed by atoms with Crippen LogP contribution < -0.4 is 11.5 Å². The molecule has 0 amide bonds. The lowest BCUT2D eigenvalue weighted by Gasteiger charge is -2.06. The Kier molecular flexibility index (Phi) is 2.80. The molecule has 0 radical (unpaired) electrons. The smallest absolute Gasteiger partial charge is 0.150 e. The molecule has 2 aromatic rings. The molecule has 0 saturated carbocycles. The molecule has 0 saturated heterocycles. The lowest BCUT2D eigenvalue weighted by molar-refractivity contribution is 0.0919. The first-order valence-corrected chi connectivity index (χ1v) is 5.06. The van der Waals surface area contributed by atoms with Gasteiger partial charge in [0.15, 0.2) is 0 Å². The number of anilines is 2. The molecule has 2 heterocycles. The average molecular weight is 232 g/mol. The second kappa shape index (κ2) is 4.27. The molecule has 0 aliphatic carbocycles. The van der Waals surface area contributed by atoms with Crippen LogP contribution in [0.3, 0.4) is 0 Å². The van der Waals surface area contributed by atoms with Crippen LogP contribution in [-0.2, 0) is 11.5 Å². The van der Waals surface area contributed by atoms with E-state index in [1.807, 2.05) is 13.0 Å². The first kappa shape index (κ1) is 11.2. The number of aromatic nitrogens is 3. The van der Waals surface area contributed by atoms with E-state index < -0.39 is 0 Å². The van der Waals surface area contributed by atoms with E-state index in [9.17, 15) is 0 Å². The van der Waals surface area contributed by atoms with Crippen molar-refractivity contribution in [3.63, 3.8) is 0 Å². The van der Waals surface area contributed by atoms with E-state index in [2.05, 4.69) is 9.97 Å². The quantitative estimate of drug-likeness (QED) is 0.794. The molecular weight excluding hydrogens is 220 g/mol. The molecule has 0 aliphatic rings. The number of nitriles is 1. The van der Waals surface area contributed by atoms with Gasteiger partial charge in [0, 0.05) is 6.61 Å². The second-order valence-corrected chi connectivity index (χ2v) is 3.38. The number of nitrogens with zero attached hydrogens (tertiary/aromatic N) is 4. The van der Waals surface area contributed by atoms with Crippen molar-refractivity contribution < 1.29 is 4.74 Å². The highest BCUT2D eigenvalue weighted by Crippen LogP contribution is 2.29. The Balaban J connectivity index is 2.72. The van der Waals surface area contributed by atoms with Gasteiger partial charge in [0.05, 0.1) is 5.39 Å². The predicted octanol–water partition coefficient (Wildman–Crippen LogP) is 0.461. The van der Waals surface area contributed by atoms with Crippen LogP contribution in [0.2, 0.25) is 0 Å². The van der Waals surface area contributed by atoms with Crippen molar-refractivity contribution in [2.45, 2.75) is 13.7 Å². The fourth-order valence-electron chi connectivity index (χ4n) is 1.64. The lowest BCUT2D eigenvalue weighted by Crippen LogP contribution is -2.07. The van der Waals surface area contributed by atoms with Gasteiger partial charge < -0.3 is 16.2 Å². The van der Waals surface area contributed by atoms with E-state index in [0.717, 1.165) is 0 Å². The Morgan fingerprint density at radius 1 is 1.47 bits per heavy atom. The number of fused-ring (bicyclic) bond motifs is 1. The van der Waals surface area contributed by atoms with Gasteiger partial charge in [-0.25, -0.2) is 9.97 Å². The molecule has 0 unspecified atom stereocenters. The minimum Gasteiger partial charge on any atom is -0.384 e. The van der Waals surface area contributed by atoms with Crippen LogP contribution in [-0.4, -0.2) is 21.1 Å². The van der Waals surface area contributed by atoms with Gasteiger partial charge in [-0.3, -0.25) is 4.57 Å². The summed E-state index contributed by atoms with van der Waals surface area (Å²) in [6, 6.07) is 2.01. The van der Waals surface area contributed by atoms with E-state index in [-0.39, 0.29) is 18.1 Å². The fourth-order valence-corrected chi connectivity index (χ4v) is 1.64. The number of nitrogens with two attached hydrogens (primary N) is 2. The van der Waals surface area contributed by atoms with Gasteiger partial charge in [0.25, 0.3) is 0 Å². The normalized spacial score (nSPS) is 10.6. The molecule has 2 aromatic heterocycles. The van der Waals surface area contributed by atoms with Crippen molar-refractivity contribution in [1.82, 2.24) is 14.5 Å². The van der Waals surface area contributed by atoms with Gasteiger partial charge in [-0.15, -0.1) is 0 Å². The molecular formula is C10H12N6O. The van der Waals surface area contributed by atoms with Crippen LogP contribution in [0.15, 0.2) is 6.33 Å². The highest BCUT2D eigenvalue weighted by Gasteiger charge is 2.18. The summed E-state index contributed by atoms with van der Waals surface area (Å²) in [5.41, 5.74) is 12.4. The van der Waals surface area contributed by atoms with Crippen LogP contribution in [0.4, 0.5) is 11.6 Å². The van der Waals surface area contributed by atoms with Gasteiger partial charge in [-0.1, -0.05) is 0 Å². The summed E-state index contributed by atoms with van der Waals surface area (Å²) in [6.07, 6.45) is 1.33. The van der Waals surface area contributed by atoms with Crippen molar-refractivity contribution in [3.8, 4) is 6.07 Å². The predicted molar refractivity (Wildman–Crippen MR) is 62.7 cm³/mol. The Hall–Kier alpha value is -2.33. The third-order valence-corrected chi connectivity index (χ3v) is 2.45. The van der Waals surface area contributed by atoms with Gasteiger partial charge in [-0.05, 0) is 6.92 Å². The monoisotopic (exact) mass is 232 g/mol. The van der Waals surface area contributed by atoms with Crippen molar-refractivity contribution in [3.05, 3.63) is 11.9 Å². The number of rotatable bonds is 3. The molecule has 0 fully saturated rings. The van der Waals surface area contributed by atoms with E-state index in [1.54, 1.807) is 4.57 Å². The number of ether oxygens (including phenoxy) is 1. The molecule has 0 aromatic carbocycles. The van der Waals surface area contributed by atoms with Crippen LogP contribution in [0, 0.1) is 11.3 Å². The van der Waals surface area contributed by atoms with Crippen molar-refractivity contribution in [2.24, 2.45) is 0 Å². The molecule has 0 bridgehead atoms. The summed E-state index contributed by atoms with van der Waals surface area (Å²) >= 11 is 0. The van der Waals surface area contributed by atoms with Gasteiger partial charge in [0.2, 0.25) is 0 Å². The highest BCUT2D eigenvalue weighted by atomic mass is 16.5. The SMILES string of the molecule is CCOCn1c(N)c(C#N)c2c(N)ncnc21. The second-order valence-electron chi connectivity index (χ2n) is 3.38. The molecule has 0 spiro atoms. The molecule has 2 rings (SSSR count). The van der Waals surface area contributed by atoms with Crippen LogP contribution in [0.1, 0.15) is 12.5 Å². The van der Waals surface area contributed by atoms with E-state index in [1.165, 1.54) is 6.33 Å². The maximum atomic E-state index is 9.08. The number of hydrogen-bond donors (Lipinski definition) is 2. The van der Waals surface area contributed by atoms with Crippen LogP contribution >= 0.6 is 0 Å². The van der Waals surface area contributed by atoms with Crippen LogP contribution in [0.25, 0.3) is 11.0 Å². The Labute approximate surface area is 97.6 Å². The zero-order chi connectivity index (χ0) is 12.4. The summed E-state index contributed by atoms with van der Waals surface area (Å²) in [5, 5.41) is 9.56. The summed E-state index contributed by atoms with van der Waals surface area (Å²) < 4.78 is 6.89. The standard InChI is InChI=1S/C10H12N6O/c1-2-17-5-16-9(13)6(3-11)7-8(12)14-4-15-10(7)16/h4H,2,5,13H2,1H3,(H2,12,14,15). The molecule has 4 N–H and O–H groups in total. The summed E-state index contributed by atoms with van der Waals surface area (Å²) in [7, 11) is 0. The maximum Gasteiger partial charge on any atom is 0.150 e. The fraction of sp³-hybridized carbons (Fsp3) is 0.300. The molecule has 88 valence electrons. The van der Waals surface area contributed by atoms with Crippen molar-refractivity contribution >= 4 is 22.7 Å². The van der Waals surface area contributed by atoms with Crippen LogP contribution in [0.5, 0.6) is 0 Å². The van der Waals surface area contributed by atoms with Gasteiger partial charge in [0.1, 0.15) is 42.0 Å². The first-order chi connectivity index (χ1) is 8.20. The summed E-state index contributed by atoms with van der Waals surface area (Å²) in [5.74, 6) is 0.539. The minimum absolute atomic E-state index is 0.233. The van der Waals surface area contributed by atoms with Gasteiger partial charge in [-0.2, -0.15) is 5.26 Å². The Morgan fingerprint density at radius 2 is 2.24 bits per heavy atom. The third kappa shape index (κ3) is 1.64. The molecule has 7 nitrogen and oxygen atoms in total. The zero-order valence-corrected chi connectivity index (χ0v) is 9.34. The summed E-state index contributed by atoms with van der Waals surface area (Å²) in [6.45, 7) is 2.65. The third-order valence-electron chi connectivity index (χ3n) is 2.45. The summed E-state index contributed by atoms with van der Waals surface area (Å²) in [4.78, 5) is 7.94. The van der Waals surface area contributed by atoms with Crippen molar-refractivity contribution in [1.29, 1.82) is 5.26 Å². The first-order valence-electron chi connectivity index (χ1n) is 5.06. The van der Waals surface area contributed by atoms with Gasteiger partial charge >= 0.3 is 0 Å². The zero-order valence-electron chi connectivity index (χ0n) is 9.34. The lowest BCUT2D eigenvalue weighted by atomic mass is 10.2. The average Bonchev–Trinajstić information content (AvgIpc) is 2.60. The van der Waals surface area contributed by atoms with E-state index in [4.69, 9.17) is 21.5 Å². The topological polar surface area (TPSA) is 116 Å². The molecule has 7 heteroatoms. The molecule has 0 atom stereocenters. The van der Waals surface area contributed by atoms with E-state index >= 15 is 0 Å². The Morgan fingerprint density at radius 3 is 2.88 bits per heavy atom. The molecule has 0 aliphatic heterocycles. The minimum atomic E-state index is 0.233. The molecule has 17 heavy (non-hydrogen) atoms.